The van der Waals surface area contributed by atoms with Gasteiger partial charge in [-0.15, -0.1) is 0 Å². The van der Waals surface area contributed by atoms with Crippen molar-refractivity contribution in [2.24, 2.45) is 5.92 Å². The average molecular weight is 379 g/mol. The minimum atomic E-state index is -0.332. The number of carbonyl (C=O) groups excluding carboxylic acids is 2. The van der Waals surface area contributed by atoms with Gasteiger partial charge >= 0.3 is 0 Å². The smallest absolute Gasteiger partial charge is 0.257 e. The number of hydrogen-bond acceptors (Lipinski definition) is 2. The van der Waals surface area contributed by atoms with Crippen LogP contribution in [0.5, 0.6) is 0 Å². The summed E-state index contributed by atoms with van der Waals surface area (Å²) in [7, 11) is 0. The first-order chi connectivity index (χ1) is 11.8. The molecule has 0 saturated heterocycles. The summed E-state index contributed by atoms with van der Waals surface area (Å²) in [6.07, 6.45) is 0. The molecule has 4 nitrogen and oxygen atoms in total. The Morgan fingerprint density at radius 2 is 1.76 bits per heavy atom. The maximum atomic E-state index is 12.4. The van der Waals surface area contributed by atoms with E-state index in [9.17, 15) is 9.59 Å². The van der Waals surface area contributed by atoms with Gasteiger partial charge < -0.3 is 10.6 Å². The SMILES string of the molecule is Cc1cc(C(=O)NCC(C)C)ccc1NC(=O)c1ccc(Cl)cc1Cl. The zero-order valence-electron chi connectivity index (χ0n) is 14.3. The van der Waals surface area contributed by atoms with Gasteiger partial charge in [-0.3, -0.25) is 9.59 Å². The molecule has 0 saturated carbocycles. The van der Waals surface area contributed by atoms with Gasteiger partial charge in [0.05, 0.1) is 10.6 Å². The van der Waals surface area contributed by atoms with Crippen LogP contribution in [0.4, 0.5) is 5.69 Å². The minimum absolute atomic E-state index is 0.129. The average Bonchev–Trinajstić information content (AvgIpc) is 2.54. The zero-order valence-corrected chi connectivity index (χ0v) is 15.8. The van der Waals surface area contributed by atoms with Crippen LogP contribution in [0.1, 0.15) is 40.1 Å². The lowest BCUT2D eigenvalue weighted by atomic mass is 10.1. The summed E-state index contributed by atoms with van der Waals surface area (Å²) in [5.41, 5.74) is 2.30. The Morgan fingerprint density at radius 1 is 1.04 bits per heavy atom. The Labute approximate surface area is 157 Å². The van der Waals surface area contributed by atoms with E-state index in [-0.39, 0.29) is 16.8 Å². The predicted molar refractivity (Wildman–Crippen MR) is 103 cm³/mol. The van der Waals surface area contributed by atoms with E-state index in [1.54, 1.807) is 30.3 Å². The summed E-state index contributed by atoms with van der Waals surface area (Å²) < 4.78 is 0. The largest absolute Gasteiger partial charge is 0.352 e. The maximum absolute atomic E-state index is 12.4. The van der Waals surface area contributed by atoms with E-state index in [0.717, 1.165) is 5.56 Å². The van der Waals surface area contributed by atoms with Gasteiger partial charge in [0.15, 0.2) is 0 Å². The highest BCUT2D eigenvalue weighted by molar-refractivity contribution is 6.37. The van der Waals surface area contributed by atoms with Gasteiger partial charge in [0, 0.05) is 22.8 Å². The van der Waals surface area contributed by atoms with Crippen LogP contribution in [0.25, 0.3) is 0 Å². The van der Waals surface area contributed by atoms with Crippen molar-refractivity contribution in [3.8, 4) is 0 Å². The number of anilines is 1. The molecule has 0 unspecified atom stereocenters. The number of amides is 2. The third kappa shape index (κ3) is 5.21. The fourth-order valence-electron chi connectivity index (χ4n) is 2.21. The van der Waals surface area contributed by atoms with Gasteiger partial charge in [-0.2, -0.15) is 0 Å². The van der Waals surface area contributed by atoms with Crippen LogP contribution >= 0.6 is 23.2 Å². The molecule has 0 bridgehead atoms. The Kier molecular flexibility index (Phi) is 6.45. The van der Waals surface area contributed by atoms with E-state index in [1.807, 2.05) is 20.8 Å². The molecule has 132 valence electrons. The molecular weight excluding hydrogens is 359 g/mol. The van der Waals surface area contributed by atoms with Crippen molar-refractivity contribution in [3.63, 3.8) is 0 Å². The van der Waals surface area contributed by atoms with Gasteiger partial charge in [-0.1, -0.05) is 37.0 Å². The van der Waals surface area contributed by atoms with E-state index < -0.39 is 0 Å². The number of benzene rings is 2. The van der Waals surface area contributed by atoms with E-state index >= 15 is 0 Å². The molecule has 2 aromatic carbocycles. The number of nitrogens with one attached hydrogen (secondary N) is 2. The van der Waals surface area contributed by atoms with Crippen molar-refractivity contribution in [2.45, 2.75) is 20.8 Å². The lowest BCUT2D eigenvalue weighted by Gasteiger charge is -2.12. The van der Waals surface area contributed by atoms with Crippen LogP contribution in [0.15, 0.2) is 36.4 Å². The van der Waals surface area contributed by atoms with Crippen molar-refractivity contribution in [2.75, 3.05) is 11.9 Å². The molecule has 2 rings (SSSR count). The molecule has 0 aliphatic rings. The molecule has 0 aromatic heterocycles. The second-order valence-corrected chi connectivity index (χ2v) is 7.06. The lowest BCUT2D eigenvalue weighted by molar-refractivity contribution is 0.0948. The fraction of sp³-hybridized carbons (Fsp3) is 0.263. The summed E-state index contributed by atoms with van der Waals surface area (Å²) in [6, 6.07) is 9.84. The highest BCUT2D eigenvalue weighted by Crippen LogP contribution is 2.23. The molecule has 0 radical (unpaired) electrons. The number of rotatable bonds is 5. The summed E-state index contributed by atoms with van der Waals surface area (Å²) in [4.78, 5) is 24.5. The predicted octanol–water partition coefficient (Wildman–Crippen LogP) is 4.94. The molecular formula is C19H20Cl2N2O2. The molecule has 0 fully saturated rings. The highest BCUT2D eigenvalue weighted by atomic mass is 35.5. The Hall–Kier alpha value is -2.04. The number of hydrogen-bond donors (Lipinski definition) is 2. The van der Waals surface area contributed by atoms with Gasteiger partial charge in [0.2, 0.25) is 0 Å². The first-order valence-electron chi connectivity index (χ1n) is 7.93. The van der Waals surface area contributed by atoms with Crippen LogP contribution in [0.3, 0.4) is 0 Å². The van der Waals surface area contributed by atoms with E-state index in [0.29, 0.717) is 34.3 Å². The molecule has 0 aliphatic heterocycles. The van der Waals surface area contributed by atoms with E-state index in [1.165, 1.54) is 6.07 Å². The fourth-order valence-corrected chi connectivity index (χ4v) is 2.70. The molecule has 0 atom stereocenters. The molecule has 0 spiro atoms. The third-order valence-corrected chi connectivity index (χ3v) is 4.13. The first-order valence-corrected chi connectivity index (χ1v) is 8.68. The van der Waals surface area contributed by atoms with Crippen molar-refractivity contribution < 1.29 is 9.59 Å². The van der Waals surface area contributed by atoms with Crippen molar-refractivity contribution >= 4 is 40.7 Å². The van der Waals surface area contributed by atoms with Crippen molar-refractivity contribution in [1.82, 2.24) is 5.32 Å². The minimum Gasteiger partial charge on any atom is -0.352 e. The second kappa shape index (κ2) is 8.37. The Bertz CT molecular complexity index is 804. The second-order valence-electron chi connectivity index (χ2n) is 6.21. The summed E-state index contributed by atoms with van der Waals surface area (Å²) in [6.45, 7) is 6.52. The first kappa shape index (κ1) is 19.3. The summed E-state index contributed by atoms with van der Waals surface area (Å²) >= 11 is 11.9. The lowest BCUT2D eigenvalue weighted by Crippen LogP contribution is -2.27. The molecule has 6 heteroatoms. The summed E-state index contributed by atoms with van der Waals surface area (Å²) in [5, 5.41) is 6.42. The highest BCUT2D eigenvalue weighted by Gasteiger charge is 2.13. The van der Waals surface area contributed by atoms with Crippen LogP contribution in [-0.4, -0.2) is 18.4 Å². The Balaban J connectivity index is 2.13. The Morgan fingerprint density at radius 3 is 2.36 bits per heavy atom. The maximum Gasteiger partial charge on any atom is 0.257 e. The van der Waals surface area contributed by atoms with Crippen LogP contribution in [-0.2, 0) is 0 Å². The quantitative estimate of drug-likeness (QED) is 0.773. The van der Waals surface area contributed by atoms with Crippen LogP contribution in [0.2, 0.25) is 10.0 Å². The molecule has 2 amide bonds. The molecule has 0 heterocycles. The number of carbonyl (C=O) groups is 2. The molecule has 0 aliphatic carbocycles. The zero-order chi connectivity index (χ0) is 18.6. The summed E-state index contributed by atoms with van der Waals surface area (Å²) in [5.74, 6) is -0.0788. The molecule has 25 heavy (non-hydrogen) atoms. The molecule has 2 N–H and O–H groups in total. The van der Waals surface area contributed by atoms with E-state index in [4.69, 9.17) is 23.2 Å². The molecule has 2 aromatic rings. The van der Waals surface area contributed by atoms with Crippen LogP contribution in [0, 0.1) is 12.8 Å². The monoisotopic (exact) mass is 378 g/mol. The van der Waals surface area contributed by atoms with Gasteiger partial charge in [0.1, 0.15) is 0 Å². The number of halogens is 2. The standard InChI is InChI=1S/C19H20Cl2N2O2/c1-11(2)10-22-18(24)13-4-7-17(12(3)8-13)23-19(25)15-6-5-14(20)9-16(15)21/h4-9,11H,10H2,1-3H3,(H,22,24)(H,23,25). The third-order valence-electron chi connectivity index (χ3n) is 3.58. The van der Waals surface area contributed by atoms with Crippen molar-refractivity contribution in [3.05, 3.63) is 63.1 Å². The van der Waals surface area contributed by atoms with Crippen LogP contribution < -0.4 is 10.6 Å². The normalized spacial score (nSPS) is 10.6. The van der Waals surface area contributed by atoms with Crippen molar-refractivity contribution in [1.29, 1.82) is 0 Å². The van der Waals surface area contributed by atoms with Gasteiger partial charge in [0.25, 0.3) is 11.8 Å². The van der Waals surface area contributed by atoms with Gasteiger partial charge in [-0.25, -0.2) is 0 Å². The van der Waals surface area contributed by atoms with E-state index in [2.05, 4.69) is 10.6 Å². The number of aryl methyl sites for hydroxylation is 1. The topological polar surface area (TPSA) is 58.2 Å². The van der Waals surface area contributed by atoms with Gasteiger partial charge in [-0.05, 0) is 54.8 Å².